The first-order valence-corrected chi connectivity index (χ1v) is 4.15. The van der Waals surface area contributed by atoms with E-state index in [0.29, 0.717) is 19.4 Å². The molecule has 3 N–H and O–H groups in total. The number of likely N-dealkylation sites (tertiary alicyclic amines) is 1. The molecule has 1 aliphatic heterocycles. The van der Waals surface area contributed by atoms with Gasteiger partial charge in [-0.3, -0.25) is 0 Å². The number of rotatable bonds is 1. The summed E-state index contributed by atoms with van der Waals surface area (Å²) in [6, 6.07) is 0. The summed E-state index contributed by atoms with van der Waals surface area (Å²) in [5, 5.41) is 19.3. The molecule has 3 atom stereocenters. The van der Waals surface area contributed by atoms with Gasteiger partial charge in [0.05, 0.1) is 13.1 Å². The van der Waals surface area contributed by atoms with Crippen molar-refractivity contribution in [2.24, 2.45) is 0 Å². The molecule has 66 valence electrons. The van der Waals surface area contributed by atoms with Gasteiger partial charge in [0.15, 0.2) is 0 Å². The van der Waals surface area contributed by atoms with Gasteiger partial charge in [0.25, 0.3) is 0 Å². The highest BCUT2D eigenvalue weighted by atomic mass is 16.3. The lowest BCUT2D eigenvalue weighted by molar-refractivity contribution is -0.866. The lowest BCUT2D eigenvalue weighted by atomic mass is 9.86. The van der Waals surface area contributed by atoms with Gasteiger partial charge in [-0.2, -0.15) is 7.05 Å². The predicted molar refractivity (Wildman–Crippen MR) is 41.9 cm³/mol. The van der Waals surface area contributed by atoms with Crippen molar-refractivity contribution < 1.29 is 15.1 Å². The number of hydrogen-bond donors (Lipinski definition) is 3. The molecule has 1 aliphatic rings. The van der Waals surface area contributed by atoms with Crippen LogP contribution in [0.5, 0.6) is 0 Å². The molecule has 1 rings (SSSR count). The molecule has 1 heterocycles. The third-order valence-corrected chi connectivity index (χ3v) is 2.63. The van der Waals surface area contributed by atoms with Crippen LogP contribution in [0.15, 0.2) is 0 Å². The molecule has 0 amide bonds. The van der Waals surface area contributed by atoms with Crippen molar-refractivity contribution >= 4 is 0 Å². The number of hydrogen-bond acceptors (Lipinski definition) is 2. The SMILES string of the molecule is [CH2-][NH+]1CC[C@@](O)(CC)[C@H](O)C1. The molecule has 1 saturated heterocycles. The summed E-state index contributed by atoms with van der Waals surface area (Å²) >= 11 is 0. The van der Waals surface area contributed by atoms with Gasteiger partial charge in [0.1, 0.15) is 11.7 Å². The molecule has 3 heteroatoms. The van der Waals surface area contributed by atoms with Crippen molar-refractivity contribution in [1.82, 2.24) is 0 Å². The van der Waals surface area contributed by atoms with E-state index in [1.165, 1.54) is 0 Å². The zero-order chi connectivity index (χ0) is 8.48. The second-order valence-corrected chi connectivity index (χ2v) is 3.43. The summed E-state index contributed by atoms with van der Waals surface area (Å²) in [6.45, 7) is 3.31. The van der Waals surface area contributed by atoms with Crippen molar-refractivity contribution in [3.8, 4) is 0 Å². The molecule has 0 aromatic carbocycles. The summed E-state index contributed by atoms with van der Waals surface area (Å²) < 4.78 is 0. The topological polar surface area (TPSA) is 44.9 Å². The van der Waals surface area contributed by atoms with Crippen LogP contribution in [0.3, 0.4) is 0 Å². The van der Waals surface area contributed by atoms with Gasteiger partial charge in [-0.1, -0.05) is 6.92 Å². The van der Waals surface area contributed by atoms with Crippen molar-refractivity contribution in [2.75, 3.05) is 13.1 Å². The van der Waals surface area contributed by atoms with Crippen molar-refractivity contribution in [1.29, 1.82) is 0 Å². The summed E-state index contributed by atoms with van der Waals surface area (Å²) in [6.07, 6.45) is 0.680. The van der Waals surface area contributed by atoms with E-state index in [9.17, 15) is 10.2 Å². The van der Waals surface area contributed by atoms with Crippen molar-refractivity contribution in [2.45, 2.75) is 31.5 Å². The van der Waals surface area contributed by atoms with E-state index in [1.807, 2.05) is 6.92 Å². The summed E-state index contributed by atoms with van der Waals surface area (Å²) in [7, 11) is 3.79. The molecule has 11 heavy (non-hydrogen) atoms. The van der Waals surface area contributed by atoms with Crippen LogP contribution in [0.25, 0.3) is 0 Å². The van der Waals surface area contributed by atoms with E-state index in [4.69, 9.17) is 0 Å². The van der Waals surface area contributed by atoms with Crippen LogP contribution in [-0.4, -0.2) is 35.0 Å². The third-order valence-electron chi connectivity index (χ3n) is 2.63. The van der Waals surface area contributed by atoms with E-state index in [-0.39, 0.29) is 0 Å². The fourth-order valence-corrected chi connectivity index (χ4v) is 1.54. The first kappa shape index (κ1) is 8.97. The van der Waals surface area contributed by atoms with Crippen molar-refractivity contribution in [3.63, 3.8) is 0 Å². The highest BCUT2D eigenvalue weighted by Crippen LogP contribution is 2.20. The lowest BCUT2D eigenvalue weighted by Crippen LogP contribution is -3.10. The normalized spacial score (nSPS) is 45.8. The minimum absolute atomic E-state index is 0.560. The van der Waals surface area contributed by atoms with Crippen LogP contribution in [0.2, 0.25) is 0 Å². The highest BCUT2D eigenvalue weighted by molar-refractivity contribution is 4.86. The number of aliphatic hydroxyl groups excluding tert-OH is 1. The first-order chi connectivity index (χ1) is 5.08. The summed E-state index contributed by atoms with van der Waals surface area (Å²) in [5.74, 6) is 0. The highest BCUT2D eigenvalue weighted by Gasteiger charge is 2.38. The molecule has 0 saturated carbocycles. The Morgan fingerprint density at radius 2 is 2.36 bits per heavy atom. The molecule has 0 spiro atoms. The van der Waals surface area contributed by atoms with Gasteiger partial charge in [-0.25, -0.2) is 0 Å². The zero-order valence-corrected chi connectivity index (χ0v) is 7.01. The maximum absolute atomic E-state index is 9.78. The Hall–Kier alpha value is -0.120. The quantitative estimate of drug-likeness (QED) is 0.411. The number of piperidine rings is 1. The molecule has 0 aliphatic carbocycles. The van der Waals surface area contributed by atoms with E-state index in [0.717, 1.165) is 11.4 Å². The smallest absolute Gasteiger partial charge is 0.129 e. The zero-order valence-electron chi connectivity index (χ0n) is 7.01. The van der Waals surface area contributed by atoms with Gasteiger partial charge in [0, 0.05) is 6.42 Å². The van der Waals surface area contributed by atoms with Crippen LogP contribution in [-0.2, 0) is 0 Å². The molecule has 1 fully saturated rings. The van der Waals surface area contributed by atoms with E-state index >= 15 is 0 Å². The molecular weight excluding hydrogens is 142 g/mol. The lowest BCUT2D eigenvalue weighted by Gasteiger charge is -2.40. The van der Waals surface area contributed by atoms with Gasteiger partial charge in [-0.05, 0) is 6.42 Å². The average molecular weight is 159 g/mol. The van der Waals surface area contributed by atoms with E-state index in [2.05, 4.69) is 7.05 Å². The Morgan fingerprint density at radius 1 is 1.73 bits per heavy atom. The third kappa shape index (κ3) is 1.72. The van der Waals surface area contributed by atoms with E-state index < -0.39 is 11.7 Å². The van der Waals surface area contributed by atoms with Crippen LogP contribution in [0, 0.1) is 7.05 Å². The van der Waals surface area contributed by atoms with Crippen LogP contribution >= 0.6 is 0 Å². The van der Waals surface area contributed by atoms with Crippen LogP contribution < -0.4 is 4.90 Å². The number of quaternary nitrogens is 1. The molecule has 3 nitrogen and oxygen atoms in total. The van der Waals surface area contributed by atoms with Gasteiger partial charge in [-0.15, -0.1) is 0 Å². The Bertz CT molecular complexity index is 140. The molecule has 0 aromatic heterocycles. The Morgan fingerprint density at radius 3 is 2.82 bits per heavy atom. The standard InChI is InChI=1S/C8H17NO2/c1-3-8(11)4-5-9(2)6-7(8)10/h7,9-11H,2-6H2,1H3/t7-,8+/m1/s1. The molecule has 0 bridgehead atoms. The molecule has 0 radical (unpaired) electrons. The fraction of sp³-hybridized carbons (Fsp3) is 0.875. The summed E-state index contributed by atoms with van der Waals surface area (Å²) in [4.78, 5) is 1.05. The largest absolute Gasteiger partial charge is 0.466 e. The maximum Gasteiger partial charge on any atom is 0.129 e. The second-order valence-electron chi connectivity index (χ2n) is 3.43. The number of aliphatic hydroxyl groups is 2. The predicted octanol–water partition coefficient (Wildman–Crippen LogP) is -1.43. The minimum atomic E-state index is -0.846. The number of nitrogens with one attached hydrogen (secondary N) is 1. The van der Waals surface area contributed by atoms with Crippen LogP contribution in [0.4, 0.5) is 0 Å². The molecular formula is C8H17NO2. The van der Waals surface area contributed by atoms with Gasteiger partial charge in [0.2, 0.25) is 0 Å². The van der Waals surface area contributed by atoms with Crippen LogP contribution in [0.1, 0.15) is 19.8 Å². The second kappa shape index (κ2) is 3.09. The molecule has 0 aromatic rings. The summed E-state index contributed by atoms with van der Waals surface area (Å²) in [5.41, 5.74) is -0.846. The van der Waals surface area contributed by atoms with E-state index in [1.54, 1.807) is 0 Å². The minimum Gasteiger partial charge on any atom is -0.466 e. The van der Waals surface area contributed by atoms with Crippen molar-refractivity contribution in [3.05, 3.63) is 7.05 Å². The first-order valence-electron chi connectivity index (χ1n) is 4.15. The maximum atomic E-state index is 9.78. The van der Waals surface area contributed by atoms with Gasteiger partial charge >= 0.3 is 0 Å². The Kier molecular flexibility index (Phi) is 2.52. The Labute approximate surface area is 67.6 Å². The fourth-order valence-electron chi connectivity index (χ4n) is 1.54. The average Bonchev–Trinajstić information content (AvgIpc) is 1.98. The van der Waals surface area contributed by atoms with Gasteiger partial charge < -0.3 is 15.1 Å². The Balaban J connectivity index is 2.56. The monoisotopic (exact) mass is 159 g/mol. The molecule has 1 unspecified atom stereocenters.